The van der Waals surface area contributed by atoms with Crippen LogP contribution in [0.5, 0.6) is 0 Å². The van der Waals surface area contributed by atoms with E-state index in [1.54, 1.807) is 14.1 Å². The number of hydrogen-bond donors (Lipinski definition) is 0. The molecule has 0 spiro atoms. The Morgan fingerprint density at radius 2 is 1.92 bits per heavy atom. The van der Waals surface area contributed by atoms with Gasteiger partial charge in [-0.15, -0.1) is 0 Å². The Morgan fingerprint density at radius 1 is 1.31 bits per heavy atom. The predicted octanol–water partition coefficient (Wildman–Crippen LogP) is 0.584. The highest BCUT2D eigenvalue weighted by atomic mass is 16.5. The average molecular weight is 185 g/mol. The second kappa shape index (κ2) is 6.22. The van der Waals surface area contributed by atoms with Crippen LogP contribution in [0.4, 0.5) is 0 Å². The lowest BCUT2D eigenvalue weighted by molar-refractivity contribution is -0.138. The molecule has 0 heterocycles. The lowest BCUT2D eigenvalue weighted by atomic mass is 10.4. The summed E-state index contributed by atoms with van der Waals surface area (Å²) >= 11 is 0. The summed E-state index contributed by atoms with van der Waals surface area (Å²) < 4.78 is 4.72. The molecular formula is C9H15NO3. The molecule has 0 aromatic heterocycles. The van der Waals surface area contributed by atoms with Crippen molar-refractivity contribution in [1.29, 1.82) is 0 Å². The highest BCUT2D eigenvalue weighted by Crippen LogP contribution is 1.87. The molecule has 0 radical (unpaired) electrons. The maximum Gasteiger partial charge on any atom is 0.330 e. The Kier molecular flexibility index (Phi) is 5.59. The number of rotatable bonds is 4. The zero-order valence-corrected chi connectivity index (χ0v) is 8.24. The quantitative estimate of drug-likeness (QED) is 0.475. The summed E-state index contributed by atoms with van der Waals surface area (Å²) in [5.41, 5.74) is 0. The van der Waals surface area contributed by atoms with Gasteiger partial charge in [-0.1, -0.05) is 6.92 Å². The van der Waals surface area contributed by atoms with E-state index in [9.17, 15) is 9.59 Å². The molecule has 0 fully saturated rings. The molecule has 0 atom stereocenters. The number of likely N-dealkylation sites (N-methyl/N-ethyl adjacent to an activating group) is 1. The third-order valence-electron chi connectivity index (χ3n) is 1.25. The van der Waals surface area contributed by atoms with Gasteiger partial charge in [0.2, 0.25) is 5.91 Å². The molecule has 0 aliphatic carbocycles. The van der Waals surface area contributed by atoms with Crippen molar-refractivity contribution in [3.05, 3.63) is 12.2 Å². The van der Waals surface area contributed by atoms with Gasteiger partial charge in [-0.2, -0.15) is 0 Å². The summed E-state index contributed by atoms with van der Waals surface area (Å²) in [6.07, 6.45) is 3.11. The highest BCUT2D eigenvalue weighted by molar-refractivity contribution is 5.94. The fourth-order valence-electron chi connectivity index (χ4n) is 0.539. The summed E-state index contributed by atoms with van der Waals surface area (Å²) in [4.78, 5) is 23.2. The summed E-state index contributed by atoms with van der Waals surface area (Å²) in [6, 6.07) is 0. The zero-order chi connectivity index (χ0) is 10.3. The summed E-state index contributed by atoms with van der Waals surface area (Å²) in [7, 11) is 3.23. The molecule has 0 aliphatic rings. The molecule has 1 amide bonds. The third-order valence-corrected chi connectivity index (χ3v) is 1.25. The molecule has 0 aromatic rings. The van der Waals surface area contributed by atoms with Crippen LogP contribution in [0.3, 0.4) is 0 Å². The zero-order valence-electron chi connectivity index (χ0n) is 8.24. The fraction of sp³-hybridized carbons (Fsp3) is 0.556. The molecule has 0 bridgehead atoms. The molecule has 13 heavy (non-hydrogen) atoms. The van der Waals surface area contributed by atoms with Gasteiger partial charge >= 0.3 is 5.97 Å². The van der Waals surface area contributed by atoms with E-state index in [4.69, 9.17) is 4.74 Å². The van der Waals surface area contributed by atoms with Crippen molar-refractivity contribution in [3.63, 3.8) is 0 Å². The number of hydrogen-bond acceptors (Lipinski definition) is 3. The van der Waals surface area contributed by atoms with E-state index in [0.29, 0.717) is 6.61 Å². The number of esters is 1. The minimum atomic E-state index is -0.475. The molecule has 0 N–H and O–H groups in total. The van der Waals surface area contributed by atoms with Crippen LogP contribution in [-0.4, -0.2) is 37.5 Å². The molecule has 0 saturated carbocycles. The van der Waals surface area contributed by atoms with E-state index in [1.807, 2.05) is 6.92 Å². The number of ether oxygens (including phenoxy) is 1. The third kappa shape index (κ3) is 5.90. The SMILES string of the molecule is CCCOC(=O)/C=C\C(=O)N(C)C. The van der Waals surface area contributed by atoms with Gasteiger partial charge in [0.1, 0.15) is 0 Å². The summed E-state index contributed by atoms with van der Waals surface area (Å²) in [5, 5.41) is 0. The van der Waals surface area contributed by atoms with Gasteiger partial charge in [-0.25, -0.2) is 4.79 Å². The minimum absolute atomic E-state index is 0.228. The van der Waals surface area contributed by atoms with Crippen molar-refractivity contribution < 1.29 is 14.3 Å². The molecule has 0 aromatic carbocycles. The predicted molar refractivity (Wildman–Crippen MR) is 49.1 cm³/mol. The number of amides is 1. The van der Waals surface area contributed by atoms with Crippen molar-refractivity contribution in [2.75, 3.05) is 20.7 Å². The lowest BCUT2D eigenvalue weighted by Crippen LogP contribution is -2.19. The van der Waals surface area contributed by atoms with E-state index in [1.165, 1.54) is 11.0 Å². The Balaban J connectivity index is 3.83. The highest BCUT2D eigenvalue weighted by Gasteiger charge is 2.00. The van der Waals surface area contributed by atoms with E-state index < -0.39 is 5.97 Å². The van der Waals surface area contributed by atoms with Gasteiger partial charge in [0.25, 0.3) is 0 Å². The molecule has 4 nitrogen and oxygen atoms in total. The Bertz CT molecular complexity index is 209. The second-order valence-electron chi connectivity index (χ2n) is 2.73. The summed E-state index contributed by atoms with van der Waals surface area (Å²) in [5.74, 6) is -0.703. The molecule has 0 rings (SSSR count). The van der Waals surface area contributed by atoms with Crippen molar-refractivity contribution in [3.8, 4) is 0 Å². The maximum absolute atomic E-state index is 11.0. The Labute approximate surface area is 78.2 Å². The topological polar surface area (TPSA) is 46.6 Å². The van der Waals surface area contributed by atoms with Crippen LogP contribution in [0.2, 0.25) is 0 Å². The molecular weight excluding hydrogens is 170 g/mol. The Morgan fingerprint density at radius 3 is 2.38 bits per heavy atom. The van der Waals surface area contributed by atoms with Gasteiger partial charge in [-0.3, -0.25) is 4.79 Å². The summed E-state index contributed by atoms with van der Waals surface area (Å²) in [6.45, 7) is 2.29. The van der Waals surface area contributed by atoms with Crippen LogP contribution in [0, 0.1) is 0 Å². The first-order valence-corrected chi connectivity index (χ1v) is 4.14. The second-order valence-corrected chi connectivity index (χ2v) is 2.73. The molecule has 4 heteroatoms. The fourth-order valence-corrected chi connectivity index (χ4v) is 0.539. The molecule has 0 saturated heterocycles. The van der Waals surface area contributed by atoms with Crippen molar-refractivity contribution >= 4 is 11.9 Å². The van der Waals surface area contributed by atoms with Crippen molar-refractivity contribution in [2.24, 2.45) is 0 Å². The van der Waals surface area contributed by atoms with Gasteiger partial charge < -0.3 is 9.64 Å². The van der Waals surface area contributed by atoms with Crippen LogP contribution in [0.1, 0.15) is 13.3 Å². The molecule has 0 unspecified atom stereocenters. The average Bonchev–Trinajstić information content (AvgIpc) is 2.10. The van der Waals surface area contributed by atoms with Crippen molar-refractivity contribution in [1.82, 2.24) is 4.90 Å². The van der Waals surface area contributed by atoms with E-state index in [0.717, 1.165) is 12.5 Å². The lowest BCUT2D eigenvalue weighted by Gasteiger charge is -2.04. The molecule has 74 valence electrons. The minimum Gasteiger partial charge on any atom is -0.463 e. The van der Waals surface area contributed by atoms with Gasteiger partial charge in [-0.05, 0) is 6.42 Å². The smallest absolute Gasteiger partial charge is 0.330 e. The first-order chi connectivity index (χ1) is 6.07. The van der Waals surface area contributed by atoms with E-state index in [-0.39, 0.29) is 5.91 Å². The van der Waals surface area contributed by atoms with E-state index in [2.05, 4.69) is 0 Å². The van der Waals surface area contributed by atoms with Crippen LogP contribution >= 0.6 is 0 Å². The van der Waals surface area contributed by atoms with Crippen LogP contribution < -0.4 is 0 Å². The van der Waals surface area contributed by atoms with Crippen LogP contribution in [0.25, 0.3) is 0 Å². The van der Waals surface area contributed by atoms with Gasteiger partial charge in [0, 0.05) is 26.2 Å². The first kappa shape index (κ1) is 11.7. The standard InChI is InChI=1S/C9H15NO3/c1-4-7-13-9(12)6-5-8(11)10(2)3/h5-6H,4,7H2,1-3H3/b6-5-. The number of nitrogens with zero attached hydrogens (tertiary/aromatic N) is 1. The normalized spacial score (nSPS) is 10.1. The van der Waals surface area contributed by atoms with Crippen LogP contribution in [0.15, 0.2) is 12.2 Å². The number of carbonyl (C=O) groups is 2. The van der Waals surface area contributed by atoms with Crippen molar-refractivity contribution in [2.45, 2.75) is 13.3 Å². The molecule has 0 aliphatic heterocycles. The largest absolute Gasteiger partial charge is 0.463 e. The van der Waals surface area contributed by atoms with E-state index >= 15 is 0 Å². The van der Waals surface area contributed by atoms with Gasteiger partial charge in [0.05, 0.1) is 6.61 Å². The van der Waals surface area contributed by atoms with Gasteiger partial charge in [0.15, 0.2) is 0 Å². The maximum atomic E-state index is 11.0. The number of carbonyl (C=O) groups excluding carboxylic acids is 2. The first-order valence-electron chi connectivity index (χ1n) is 4.14. The van der Waals surface area contributed by atoms with Crippen LogP contribution in [-0.2, 0) is 14.3 Å². The Hall–Kier alpha value is -1.32. The monoisotopic (exact) mass is 185 g/mol.